The molecule has 1 saturated carbocycles. The van der Waals surface area contributed by atoms with Crippen molar-refractivity contribution in [2.24, 2.45) is 0 Å². The van der Waals surface area contributed by atoms with Crippen LogP contribution in [0.4, 0.5) is 0 Å². The standard InChI is InChI=1S/C51H37N3O/c1-4-14-33(15-5-1)34-24-26-36(27-25-34)48-52-49(37-28-29-41-45(32-37)55-44-23-13-19-38(46(41)44)35-16-6-2-7-17-35)54-50(53-48)42-21-12-20-40-39-18-8-9-22-43(39)51(47(40)42)30-10-3-11-31-51/h1-2,4-9,12-29,32H,3,10-11,30-31H2. The summed E-state index contributed by atoms with van der Waals surface area (Å²) in [4.78, 5) is 15.9. The third kappa shape index (κ3) is 5.16. The summed E-state index contributed by atoms with van der Waals surface area (Å²) in [5.41, 5.74) is 14.7. The monoisotopic (exact) mass is 707 g/mol. The first-order valence-electron chi connectivity index (χ1n) is 19.4. The molecular formula is C51H37N3O. The summed E-state index contributed by atoms with van der Waals surface area (Å²) in [5, 5.41) is 2.19. The highest BCUT2D eigenvalue weighted by molar-refractivity contribution is 6.13. The molecule has 0 atom stereocenters. The molecule has 55 heavy (non-hydrogen) atoms. The maximum absolute atomic E-state index is 6.56. The molecule has 2 heterocycles. The second-order valence-electron chi connectivity index (χ2n) is 15.0. The fourth-order valence-corrected chi connectivity index (χ4v) is 9.44. The lowest BCUT2D eigenvalue weighted by molar-refractivity contribution is 0.353. The van der Waals surface area contributed by atoms with Crippen LogP contribution in [0.2, 0.25) is 0 Å². The molecule has 2 aromatic heterocycles. The Labute approximate surface area is 320 Å². The Morgan fingerprint density at radius 1 is 0.400 bits per heavy atom. The van der Waals surface area contributed by atoms with E-state index in [1.807, 2.05) is 6.07 Å². The summed E-state index contributed by atoms with van der Waals surface area (Å²) in [6.07, 6.45) is 5.97. The maximum atomic E-state index is 6.56. The molecule has 0 amide bonds. The fraction of sp³-hybridized carbons (Fsp3) is 0.118. The molecule has 0 aliphatic heterocycles. The third-order valence-electron chi connectivity index (χ3n) is 11.9. The highest BCUT2D eigenvalue weighted by Crippen LogP contribution is 2.58. The highest BCUT2D eigenvalue weighted by atomic mass is 16.3. The molecule has 2 aliphatic rings. The van der Waals surface area contributed by atoms with Crippen molar-refractivity contribution in [1.29, 1.82) is 0 Å². The van der Waals surface area contributed by atoms with Gasteiger partial charge in [-0.05, 0) is 75.5 Å². The van der Waals surface area contributed by atoms with Gasteiger partial charge in [0.15, 0.2) is 17.5 Å². The van der Waals surface area contributed by atoms with Gasteiger partial charge in [0.2, 0.25) is 0 Å². The van der Waals surface area contributed by atoms with Gasteiger partial charge in [-0.15, -0.1) is 0 Å². The number of hydrogen-bond donors (Lipinski definition) is 0. The van der Waals surface area contributed by atoms with Crippen LogP contribution in [0.5, 0.6) is 0 Å². The minimum Gasteiger partial charge on any atom is -0.456 e. The molecule has 0 N–H and O–H groups in total. The topological polar surface area (TPSA) is 51.8 Å². The Morgan fingerprint density at radius 2 is 0.982 bits per heavy atom. The van der Waals surface area contributed by atoms with E-state index in [4.69, 9.17) is 19.4 Å². The summed E-state index contributed by atoms with van der Waals surface area (Å²) < 4.78 is 6.56. The summed E-state index contributed by atoms with van der Waals surface area (Å²) in [5.74, 6) is 1.99. The number of rotatable bonds is 5. The Morgan fingerprint density at radius 3 is 1.78 bits per heavy atom. The first-order valence-corrected chi connectivity index (χ1v) is 19.4. The molecular weight excluding hydrogens is 671 g/mol. The first kappa shape index (κ1) is 31.8. The predicted molar refractivity (Wildman–Crippen MR) is 224 cm³/mol. The quantitative estimate of drug-likeness (QED) is 0.179. The molecule has 2 aliphatic carbocycles. The summed E-state index contributed by atoms with van der Waals surface area (Å²) in [7, 11) is 0. The van der Waals surface area contributed by atoms with Gasteiger partial charge in [0, 0.05) is 32.9 Å². The van der Waals surface area contributed by atoms with Gasteiger partial charge in [-0.25, -0.2) is 15.0 Å². The number of nitrogens with zero attached hydrogens (tertiary/aromatic N) is 3. The third-order valence-corrected chi connectivity index (χ3v) is 11.9. The number of fused-ring (bicyclic) bond motifs is 8. The lowest BCUT2D eigenvalue weighted by atomic mass is 9.66. The molecule has 9 aromatic rings. The van der Waals surface area contributed by atoms with E-state index in [1.165, 1.54) is 47.1 Å². The minimum absolute atomic E-state index is 0.0469. The molecule has 0 unspecified atom stereocenters. The normalized spacial score (nSPS) is 14.3. The van der Waals surface area contributed by atoms with Crippen molar-refractivity contribution in [1.82, 2.24) is 15.0 Å². The van der Waals surface area contributed by atoms with Crippen molar-refractivity contribution < 1.29 is 4.42 Å². The zero-order chi connectivity index (χ0) is 36.3. The number of hydrogen-bond acceptors (Lipinski definition) is 4. The van der Waals surface area contributed by atoms with E-state index in [1.54, 1.807) is 0 Å². The van der Waals surface area contributed by atoms with E-state index in [9.17, 15) is 0 Å². The molecule has 0 bridgehead atoms. The van der Waals surface area contributed by atoms with Crippen molar-refractivity contribution in [3.8, 4) is 67.5 Å². The van der Waals surface area contributed by atoms with Gasteiger partial charge in [0.25, 0.3) is 0 Å². The summed E-state index contributed by atoms with van der Waals surface area (Å²) >= 11 is 0. The molecule has 4 heteroatoms. The van der Waals surface area contributed by atoms with Crippen molar-refractivity contribution >= 4 is 21.9 Å². The minimum atomic E-state index is -0.0469. The van der Waals surface area contributed by atoms with Crippen LogP contribution in [0.25, 0.3) is 89.5 Å². The van der Waals surface area contributed by atoms with Crippen molar-refractivity contribution in [2.45, 2.75) is 37.5 Å². The average molecular weight is 708 g/mol. The highest BCUT2D eigenvalue weighted by Gasteiger charge is 2.45. The zero-order valence-corrected chi connectivity index (χ0v) is 30.4. The molecule has 262 valence electrons. The van der Waals surface area contributed by atoms with Gasteiger partial charge in [-0.1, -0.05) is 165 Å². The maximum Gasteiger partial charge on any atom is 0.164 e. The van der Waals surface area contributed by atoms with Crippen LogP contribution in [0.1, 0.15) is 43.2 Å². The lowest BCUT2D eigenvalue weighted by Gasteiger charge is -2.37. The van der Waals surface area contributed by atoms with Gasteiger partial charge in [0.1, 0.15) is 11.2 Å². The molecule has 0 saturated heterocycles. The zero-order valence-electron chi connectivity index (χ0n) is 30.4. The Hall–Kier alpha value is -6.65. The van der Waals surface area contributed by atoms with Crippen molar-refractivity contribution in [2.75, 3.05) is 0 Å². The van der Waals surface area contributed by atoms with E-state index in [0.29, 0.717) is 17.5 Å². The SMILES string of the molecule is c1ccc(-c2ccc(-c3nc(-c4ccc5c(c4)oc4cccc(-c6ccccc6)c45)nc(-c4cccc5c4C4(CCCCC4)c4ccccc4-5)n3)cc2)cc1. The average Bonchev–Trinajstić information content (AvgIpc) is 3.77. The molecule has 11 rings (SSSR count). The molecule has 0 radical (unpaired) electrons. The van der Waals surface area contributed by atoms with Crippen LogP contribution in [-0.4, -0.2) is 15.0 Å². The van der Waals surface area contributed by atoms with E-state index in [2.05, 4.69) is 158 Å². The summed E-state index contributed by atoms with van der Waals surface area (Å²) in [6, 6.07) is 58.0. The number of aromatic nitrogens is 3. The van der Waals surface area contributed by atoms with Crippen molar-refractivity contribution in [3.63, 3.8) is 0 Å². The Bertz CT molecular complexity index is 2890. The molecule has 4 nitrogen and oxygen atoms in total. The van der Waals surface area contributed by atoms with Crippen LogP contribution in [0.15, 0.2) is 168 Å². The smallest absolute Gasteiger partial charge is 0.164 e. The lowest BCUT2D eigenvalue weighted by Crippen LogP contribution is -2.28. The van der Waals surface area contributed by atoms with Crippen LogP contribution < -0.4 is 0 Å². The van der Waals surface area contributed by atoms with Gasteiger partial charge in [-0.3, -0.25) is 0 Å². The van der Waals surface area contributed by atoms with E-state index in [0.717, 1.165) is 68.2 Å². The van der Waals surface area contributed by atoms with Crippen LogP contribution >= 0.6 is 0 Å². The molecule has 1 fully saturated rings. The second kappa shape index (κ2) is 12.7. The largest absolute Gasteiger partial charge is 0.456 e. The fourth-order valence-electron chi connectivity index (χ4n) is 9.44. The molecule has 7 aromatic carbocycles. The van der Waals surface area contributed by atoms with Gasteiger partial charge in [0.05, 0.1) is 0 Å². The van der Waals surface area contributed by atoms with Crippen LogP contribution in [0.3, 0.4) is 0 Å². The molecule has 1 spiro atoms. The number of benzene rings is 7. The first-order chi connectivity index (χ1) is 27.2. The van der Waals surface area contributed by atoms with E-state index >= 15 is 0 Å². The van der Waals surface area contributed by atoms with Crippen molar-refractivity contribution in [3.05, 3.63) is 175 Å². The Kier molecular flexibility index (Phi) is 7.38. The predicted octanol–water partition coefficient (Wildman–Crippen LogP) is 13.3. The second-order valence-corrected chi connectivity index (χ2v) is 15.0. The van der Waals surface area contributed by atoms with Gasteiger partial charge < -0.3 is 4.42 Å². The number of furan rings is 1. The summed E-state index contributed by atoms with van der Waals surface area (Å²) in [6.45, 7) is 0. The van der Waals surface area contributed by atoms with Crippen LogP contribution in [-0.2, 0) is 5.41 Å². The van der Waals surface area contributed by atoms with Crippen LogP contribution in [0, 0.1) is 0 Å². The van der Waals surface area contributed by atoms with Gasteiger partial charge in [-0.2, -0.15) is 0 Å². The Balaban J connectivity index is 1.10. The van der Waals surface area contributed by atoms with E-state index in [-0.39, 0.29) is 5.41 Å². The van der Waals surface area contributed by atoms with E-state index < -0.39 is 0 Å². The van der Waals surface area contributed by atoms with Gasteiger partial charge >= 0.3 is 0 Å².